The van der Waals surface area contributed by atoms with E-state index in [4.69, 9.17) is 11.6 Å². The average Bonchev–Trinajstić information content (AvgIpc) is 2.68. The molecule has 1 fully saturated rings. The molecule has 1 saturated carbocycles. The third kappa shape index (κ3) is 3.07. The lowest BCUT2D eigenvalue weighted by molar-refractivity contribution is -0.123. The highest BCUT2D eigenvalue weighted by Gasteiger charge is 2.34. The second-order valence-corrected chi connectivity index (χ2v) is 7.02. The Morgan fingerprint density at radius 3 is 2.60 bits per heavy atom. The SMILES string of the molecule is O=C1C(F)N=C(c2ccccc2)c2cc(Cl)ccc2N1CC1CCC1. The van der Waals surface area contributed by atoms with Gasteiger partial charge in [-0.3, -0.25) is 4.79 Å². The van der Waals surface area contributed by atoms with E-state index >= 15 is 0 Å². The van der Waals surface area contributed by atoms with Crippen molar-refractivity contribution >= 4 is 28.9 Å². The molecule has 1 aliphatic carbocycles. The summed E-state index contributed by atoms with van der Waals surface area (Å²) in [5.74, 6) is -0.167. The van der Waals surface area contributed by atoms with Crippen molar-refractivity contribution in [2.75, 3.05) is 11.4 Å². The Balaban J connectivity index is 1.85. The first-order valence-electron chi connectivity index (χ1n) is 8.52. The van der Waals surface area contributed by atoms with E-state index in [1.165, 1.54) is 6.42 Å². The highest BCUT2D eigenvalue weighted by molar-refractivity contribution is 6.32. The second-order valence-electron chi connectivity index (χ2n) is 6.59. The van der Waals surface area contributed by atoms with Crippen molar-refractivity contribution in [3.8, 4) is 0 Å². The molecule has 5 heteroatoms. The fourth-order valence-electron chi connectivity index (χ4n) is 3.37. The van der Waals surface area contributed by atoms with Crippen LogP contribution in [0.1, 0.15) is 30.4 Å². The van der Waals surface area contributed by atoms with Gasteiger partial charge < -0.3 is 4.90 Å². The number of nitrogens with zero attached hydrogens (tertiary/aromatic N) is 2. The van der Waals surface area contributed by atoms with Crippen molar-refractivity contribution in [2.45, 2.75) is 25.6 Å². The molecule has 2 aliphatic rings. The molecule has 1 aliphatic heterocycles. The van der Waals surface area contributed by atoms with Crippen LogP contribution in [-0.4, -0.2) is 24.5 Å². The number of carbonyl (C=O) groups is 1. The van der Waals surface area contributed by atoms with Crippen molar-refractivity contribution in [1.82, 2.24) is 0 Å². The first-order valence-corrected chi connectivity index (χ1v) is 8.90. The predicted molar refractivity (Wildman–Crippen MR) is 98.1 cm³/mol. The number of anilines is 1. The molecule has 0 spiro atoms. The highest BCUT2D eigenvalue weighted by Crippen LogP contribution is 2.34. The van der Waals surface area contributed by atoms with Crippen LogP contribution < -0.4 is 4.90 Å². The third-order valence-electron chi connectivity index (χ3n) is 4.93. The van der Waals surface area contributed by atoms with Gasteiger partial charge in [0.1, 0.15) is 0 Å². The monoisotopic (exact) mass is 356 g/mol. The van der Waals surface area contributed by atoms with Gasteiger partial charge in [-0.2, -0.15) is 0 Å². The van der Waals surface area contributed by atoms with Crippen LogP contribution in [0, 0.1) is 5.92 Å². The zero-order valence-corrected chi connectivity index (χ0v) is 14.4. The Morgan fingerprint density at radius 2 is 1.92 bits per heavy atom. The largest absolute Gasteiger partial charge is 0.307 e. The first kappa shape index (κ1) is 16.3. The van der Waals surface area contributed by atoms with Crippen LogP contribution in [0.2, 0.25) is 5.02 Å². The zero-order valence-electron chi connectivity index (χ0n) is 13.7. The van der Waals surface area contributed by atoms with E-state index in [-0.39, 0.29) is 0 Å². The van der Waals surface area contributed by atoms with Crippen molar-refractivity contribution in [1.29, 1.82) is 0 Å². The maximum absolute atomic E-state index is 14.6. The smallest absolute Gasteiger partial charge is 0.284 e. The van der Waals surface area contributed by atoms with Crippen LogP contribution in [0.25, 0.3) is 0 Å². The Bertz CT molecular complexity index is 833. The Hall–Kier alpha value is -2.20. The summed E-state index contributed by atoms with van der Waals surface area (Å²) in [6.07, 6.45) is 1.43. The van der Waals surface area contributed by atoms with Crippen molar-refractivity contribution in [3.63, 3.8) is 0 Å². The molecule has 1 unspecified atom stereocenters. The summed E-state index contributed by atoms with van der Waals surface area (Å²) in [6.45, 7) is 0.533. The van der Waals surface area contributed by atoms with Gasteiger partial charge in [0.2, 0.25) is 0 Å². The van der Waals surface area contributed by atoms with Crippen LogP contribution in [0.5, 0.6) is 0 Å². The van der Waals surface area contributed by atoms with Gasteiger partial charge in [0.25, 0.3) is 12.2 Å². The van der Waals surface area contributed by atoms with Crippen molar-refractivity contribution < 1.29 is 9.18 Å². The average molecular weight is 357 g/mol. The van der Waals surface area contributed by atoms with E-state index in [9.17, 15) is 9.18 Å². The molecule has 2 aromatic rings. The molecule has 3 nitrogen and oxygen atoms in total. The normalized spacial score (nSPS) is 20.6. The quantitative estimate of drug-likeness (QED) is 0.738. The maximum atomic E-state index is 14.6. The fourth-order valence-corrected chi connectivity index (χ4v) is 3.54. The van der Waals surface area contributed by atoms with Gasteiger partial charge in [-0.1, -0.05) is 48.4 Å². The minimum atomic E-state index is -1.90. The number of hydrogen-bond acceptors (Lipinski definition) is 2. The van der Waals surface area contributed by atoms with Crippen LogP contribution in [0.4, 0.5) is 10.1 Å². The van der Waals surface area contributed by atoms with Crippen LogP contribution >= 0.6 is 11.6 Å². The fraction of sp³-hybridized carbons (Fsp3) is 0.300. The molecule has 128 valence electrons. The van der Waals surface area contributed by atoms with Crippen LogP contribution in [-0.2, 0) is 4.79 Å². The van der Waals surface area contributed by atoms with Crippen LogP contribution in [0.3, 0.4) is 0 Å². The maximum Gasteiger partial charge on any atom is 0.284 e. The molecule has 2 aromatic carbocycles. The van der Waals surface area contributed by atoms with E-state index in [1.54, 1.807) is 23.1 Å². The summed E-state index contributed by atoms with van der Waals surface area (Å²) in [5.41, 5.74) is 2.62. The summed E-state index contributed by atoms with van der Waals surface area (Å²) in [4.78, 5) is 18.3. The van der Waals surface area contributed by atoms with Gasteiger partial charge >= 0.3 is 0 Å². The van der Waals surface area contributed by atoms with Gasteiger partial charge in [-0.15, -0.1) is 0 Å². The van der Waals surface area contributed by atoms with Gasteiger partial charge in [0, 0.05) is 22.7 Å². The number of benzodiazepines with no additional fused rings is 1. The minimum Gasteiger partial charge on any atom is -0.307 e. The van der Waals surface area contributed by atoms with Crippen molar-refractivity contribution in [3.05, 3.63) is 64.7 Å². The number of amides is 1. The van der Waals surface area contributed by atoms with Crippen LogP contribution in [0.15, 0.2) is 53.5 Å². The number of carbonyl (C=O) groups excluding carboxylic acids is 1. The molecule has 0 radical (unpaired) electrons. The molecule has 1 atom stereocenters. The Labute approximate surface area is 151 Å². The van der Waals surface area contributed by atoms with Gasteiger partial charge in [-0.05, 0) is 37.0 Å². The zero-order chi connectivity index (χ0) is 17.4. The van der Waals surface area contributed by atoms with E-state index in [0.29, 0.717) is 34.4 Å². The van der Waals surface area contributed by atoms with E-state index < -0.39 is 12.2 Å². The number of hydrogen-bond donors (Lipinski definition) is 0. The molecular weight excluding hydrogens is 339 g/mol. The Kier molecular flexibility index (Phi) is 4.30. The minimum absolute atomic E-state index is 0.429. The van der Waals surface area contributed by atoms with Gasteiger partial charge in [0.15, 0.2) is 0 Å². The third-order valence-corrected chi connectivity index (χ3v) is 5.16. The second kappa shape index (κ2) is 6.60. The van der Waals surface area contributed by atoms with Crippen molar-refractivity contribution in [2.24, 2.45) is 10.9 Å². The summed E-state index contributed by atoms with van der Waals surface area (Å²) >= 11 is 6.20. The standard InChI is InChI=1S/C20H18ClFN2O/c21-15-9-10-17-16(11-15)18(14-7-2-1-3-8-14)23-19(22)20(25)24(17)12-13-5-4-6-13/h1-3,7-11,13,19H,4-6,12H2. The molecular formula is C20H18ClFN2O. The number of alkyl halides is 1. The van der Waals surface area contributed by atoms with E-state index in [0.717, 1.165) is 18.4 Å². The molecule has 1 amide bonds. The molecule has 0 saturated heterocycles. The molecule has 0 aromatic heterocycles. The summed E-state index contributed by atoms with van der Waals surface area (Å²) in [7, 11) is 0. The number of halogens is 2. The number of fused-ring (bicyclic) bond motifs is 1. The predicted octanol–water partition coefficient (Wildman–Crippen LogP) is 4.62. The first-order chi connectivity index (χ1) is 12.1. The molecule has 1 heterocycles. The topological polar surface area (TPSA) is 32.7 Å². The van der Waals surface area contributed by atoms with Gasteiger partial charge in [0.05, 0.1) is 11.4 Å². The van der Waals surface area contributed by atoms with E-state index in [1.807, 2.05) is 30.3 Å². The lowest BCUT2D eigenvalue weighted by Crippen LogP contribution is -2.41. The van der Waals surface area contributed by atoms with Gasteiger partial charge in [-0.25, -0.2) is 9.38 Å². The molecule has 4 rings (SSSR count). The summed E-state index contributed by atoms with van der Waals surface area (Å²) < 4.78 is 14.6. The molecule has 0 bridgehead atoms. The summed E-state index contributed by atoms with van der Waals surface area (Å²) in [5, 5.41) is 0.538. The van der Waals surface area contributed by atoms with E-state index in [2.05, 4.69) is 4.99 Å². The lowest BCUT2D eigenvalue weighted by Gasteiger charge is -2.32. The number of aliphatic imine (C=N–C) groups is 1. The number of benzene rings is 2. The molecule has 25 heavy (non-hydrogen) atoms. The Morgan fingerprint density at radius 1 is 1.16 bits per heavy atom. The highest BCUT2D eigenvalue weighted by atomic mass is 35.5. The summed E-state index contributed by atoms with van der Waals surface area (Å²) in [6, 6.07) is 14.7. The molecule has 0 N–H and O–H groups in total. The number of rotatable bonds is 3. The lowest BCUT2D eigenvalue weighted by atomic mass is 9.85.